The minimum atomic E-state index is -1.08. The van der Waals surface area contributed by atoms with E-state index in [1.54, 1.807) is 12.2 Å². The number of hydrogen-bond acceptors (Lipinski definition) is 4. The van der Waals surface area contributed by atoms with Crippen LogP contribution in [0, 0.1) is 0 Å². The summed E-state index contributed by atoms with van der Waals surface area (Å²) >= 11 is 0. The largest absolute Gasteiger partial charge is 0.360 e. The summed E-state index contributed by atoms with van der Waals surface area (Å²) in [6.07, 6.45) is 3.13. The first-order valence-electron chi connectivity index (χ1n) is 5.71. The number of hydrazine groups is 1. The highest BCUT2D eigenvalue weighted by Gasteiger charge is 2.13. The molecule has 0 aromatic carbocycles. The quantitative estimate of drug-likeness (QED) is 0.137. The maximum atomic E-state index is 11.3. The fourth-order valence-corrected chi connectivity index (χ4v) is 1.89. The fourth-order valence-electron chi connectivity index (χ4n) is 1.14. The molecule has 0 aliphatic heterocycles. The van der Waals surface area contributed by atoms with Crippen molar-refractivity contribution < 1.29 is 9.53 Å². The summed E-state index contributed by atoms with van der Waals surface area (Å²) in [7, 11) is -1.08. The highest BCUT2D eigenvalue weighted by molar-refractivity contribution is 6.76. The standard InChI is InChI=1S/C12H24N2O2Si/c1-6-7-12(11(2)15)14(13)10-16-8-9-17(3,4)5/h6-7H,1,8-10,13H2,2-5H3/b12-7-. The Morgan fingerprint density at radius 3 is 2.47 bits per heavy atom. The van der Waals surface area contributed by atoms with Crippen molar-refractivity contribution in [3.63, 3.8) is 0 Å². The molecule has 0 spiro atoms. The SMILES string of the molecule is C=C/C=C(/C(C)=O)N(N)COCC[Si](C)(C)C. The summed E-state index contributed by atoms with van der Waals surface area (Å²) in [5, 5.41) is 1.31. The Labute approximate surface area is 105 Å². The molecule has 0 aliphatic rings. The molecule has 0 unspecified atom stereocenters. The number of Topliss-reactive ketones (excluding diaryl/α,β-unsaturated/α-hetero) is 1. The first-order valence-corrected chi connectivity index (χ1v) is 9.42. The number of ether oxygens (including phenoxy) is 1. The van der Waals surface area contributed by atoms with Crippen molar-refractivity contribution in [2.24, 2.45) is 5.84 Å². The first kappa shape index (κ1) is 16.1. The third-order valence-electron chi connectivity index (χ3n) is 2.17. The molecular weight excluding hydrogens is 232 g/mol. The predicted molar refractivity (Wildman–Crippen MR) is 74.0 cm³/mol. The predicted octanol–water partition coefficient (Wildman–Crippen LogP) is 2.13. The second-order valence-corrected chi connectivity index (χ2v) is 10.8. The molecule has 4 nitrogen and oxygen atoms in total. The zero-order valence-corrected chi connectivity index (χ0v) is 12.3. The zero-order chi connectivity index (χ0) is 13.5. The average molecular weight is 256 g/mol. The molecular formula is C12H24N2O2Si. The molecule has 0 saturated heterocycles. The third kappa shape index (κ3) is 7.90. The van der Waals surface area contributed by atoms with Crippen LogP contribution in [-0.4, -0.2) is 32.2 Å². The second-order valence-electron chi connectivity index (χ2n) is 5.16. The maximum absolute atomic E-state index is 11.3. The van der Waals surface area contributed by atoms with Gasteiger partial charge in [-0.1, -0.05) is 32.3 Å². The van der Waals surface area contributed by atoms with Gasteiger partial charge in [0, 0.05) is 21.6 Å². The van der Waals surface area contributed by atoms with E-state index in [0.717, 1.165) is 6.04 Å². The van der Waals surface area contributed by atoms with Gasteiger partial charge in [-0.3, -0.25) is 9.80 Å². The van der Waals surface area contributed by atoms with Gasteiger partial charge in [0.15, 0.2) is 5.78 Å². The fraction of sp³-hybridized carbons (Fsp3) is 0.583. The van der Waals surface area contributed by atoms with E-state index in [1.165, 1.54) is 11.9 Å². The van der Waals surface area contributed by atoms with Gasteiger partial charge in [-0.05, 0) is 12.1 Å². The van der Waals surface area contributed by atoms with Gasteiger partial charge >= 0.3 is 0 Å². The summed E-state index contributed by atoms with van der Waals surface area (Å²) in [5.74, 6) is 5.64. The Kier molecular flexibility index (Phi) is 7.02. The van der Waals surface area contributed by atoms with Crippen LogP contribution < -0.4 is 5.84 Å². The van der Waals surface area contributed by atoms with E-state index >= 15 is 0 Å². The van der Waals surface area contributed by atoms with Gasteiger partial charge in [-0.25, -0.2) is 5.84 Å². The molecule has 0 bridgehead atoms. The minimum Gasteiger partial charge on any atom is -0.360 e. The van der Waals surface area contributed by atoms with Crippen molar-refractivity contribution >= 4 is 13.9 Å². The maximum Gasteiger partial charge on any atom is 0.177 e. The summed E-state index contributed by atoms with van der Waals surface area (Å²) in [6, 6.07) is 1.08. The molecule has 0 saturated carbocycles. The van der Waals surface area contributed by atoms with E-state index in [0.29, 0.717) is 12.3 Å². The van der Waals surface area contributed by atoms with Gasteiger partial charge < -0.3 is 4.74 Å². The van der Waals surface area contributed by atoms with Gasteiger partial charge in [-0.15, -0.1) is 0 Å². The lowest BCUT2D eigenvalue weighted by atomic mass is 10.3. The summed E-state index contributed by atoms with van der Waals surface area (Å²) in [4.78, 5) is 11.3. The van der Waals surface area contributed by atoms with Crippen LogP contribution in [0.3, 0.4) is 0 Å². The van der Waals surface area contributed by atoms with Gasteiger partial charge in [-0.2, -0.15) is 0 Å². The number of nitrogens with zero attached hydrogens (tertiary/aromatic N) is 1. The minimum absolute atomic E-state index is 0.0961. The molecule has 0 atom stereocenters. The molecule has 2 N–H and O–H groups in total. The van der Waals surface area contributed by atoms with Crippen LogP contribution in [0.25, 0.3) is 0 Å². The van der Waals surface area contributed by atoms with Crippen LogP contribution in [0.1, 0.15) is 6.92 Å². The van der Waals surface area contributed by atoms with E-state index < -0.39 is 8.07 Å². The number of carbonyl (C=O) groups is 1. The molecule has 0 rings (SSSR count). The van der Waals surface area contributed by atoms with Gasteiger partial charge in [0.2, 0.25) is 0 Å². The molecule has 5 heteroatoms. The molecule has 0 radical (unpaired) electrons. The topological polar surface area (TPSA) is 55.6 Å². The van der Waals surface area contributed by atoms with Crippen LogP contribution in [0.15, 0.2) is 24.4 Å². The smallest absolute Gasteiger partial charge is 0.177 e. The van der Waals surface area contributed by atoms with Gasteiger partial charge in [0.25, 0.3) is 0 Å². The van der Waals surface area contributed by atoms with Crippen LogP contribution in [0.5, 0.6) is 0 Å². The average Bonchev–Trinajstić information content (AvgIpc) is 2.18. The number of nitrogens with two attached hydrogens (primary N) is 1. The normalized spacial score (nSPS) is 12.4. The summed E-state index contributed by atoms with van der Waals surface area (Å²) in [6.45, 7) is 12.8. The molecule has 0 fully saturated rings. The second kappa shape index (κ2) is 7.42. The Hall–Kier alpha value is -0.913. The van der Waals surface area contributed by atoms with Crippen LogP contribution in [0.4, 0.5) is 0 Å². The van der Waals surface area contributed by atoms with Crippen molar-refractivity contribution in [2.75, 3.05) is 13.3 Å². The Morgan fingerprint density at radius 2 is 2.06 bits per heavy atom. The number of ketones is 1. The van der Waals surface area contributed by atoms with E-state index in [1.807, 2.05) is 0 Å². The van der Waals surface area contributed by atoms with Crippen LogP contribution in [0.2, 0.25) is 25.7 Å². The number of allylic oxidation sites excluding steroid dienone is 3. The lowest BCUT2D eigenvalue weighted by molar-refractivity contribution is -0.116. The van der Waals surface area contributed by atoms with Crippen molar-refractivity contribution in [1.29, 1.82) is 0 Å². The molecule has 0 aliphatic carbocycles. The Bertz CT molecular complexity index is 295. The number of carbonyl (C=O) groups excluding carboxylic acids is 1. The lowest BCUT2D eigenvalue weighted by Crippen LogP contribution is -2.36. The molecule has 0 aromatic rings. The Morgan fingerprint density at radius 1 is 1.47 bits per heavy atom. The molecule has 17 heavy (non-hydrogen) atoms. The van der Waals surface area contributed by atoms with Crippen molar-refractivity contribution in [3.8, 4) is 0 Å². The summed E-state index contributed by atoms with van der Waals surface area (Å²) in [5.41, 5.74) is 0.410. The third-order valence-corrected chi connectivity index (χ3v) is 3.88. The highest BCUT2D eigenvalue weighted by atomic mass is 28.3. The molecule has 0 amide bonds. The van der Waals surface area contributed by atoms with Crippen LogP contribution >= 0.6 is 0 Å². The van der Waals surface area contributed by atoms with Crippen molar-refractivity contribution in [1.82, 2.24) is 5.01 Å². The van der Waals surface area contributed by atoms with E-state index in [9.17, 15) is 4.79 Å². The molecule has 98 valence electrons. The molecule has 0 aromatic heterocycles. The van der Waals surface area contributed by atoms with Crippen molar-refractivity contribution in [2.45, 2.75) is 32.6 Å². The van der Waals surface area contributed by atoms with Gasteiger partial charge in [0.05, 0.1) is 5.70 Å². The first-order chi connectivity index (χ1) is 7.78. The van der Waals surface area contributed by atoms with Crippen LogP contribution in [-0.2, 0) is 9.53 Å². The van der Waals surface area contributed by atoms with E-state index in [4.69, 9.17) is 10.6 Å². The molecule has 0 heterocycles. The Balaban J connectivity index is 4.08. The zero-order valence-electron chi connectivity index (χ0n) is 11.3. The van der Waals surface area contributed by atoms with E-state index in [2.05, 4.69) is 26.2 Å². The van der Waals surface area contributed by atoms with Gasteiger partial charge in [0.1, 0.15) is 6.73 Å². The monoisotopic (exact) mass is 256 g/mol. The lowest BCUT2D eigenvalue weighted by Gasteiger charge is -2.21. The summed E-state index contributed by atoms with van der Waals surface area (Å²) < 4.78 is 5.46. The number of hydrogen-bond donors (Lipinski definition) is 1. The van der Waals surface area contributed by atoms with Crippen molar-refractivity contribution in [3.05, 3.63) is 24.4 Å². The highest BCUT2D eigenvalue weighted by Crippen LogP contribution is 2.08. The van der Waals surface area contributed by atoms with E-state index in [-0.39, 0.29) is 12.5 Å². The number of rotatable bonds is 8.